The molecule has 3 N–H and O–H groups in total. The number of hydrogen-bond donors (Lipinski definition) is 3. The zero-order chi connectivity index (χ0) is 22.7. The summed E-state index contributed by atoms with van der Waals surface area (Å²) in [5, 5.41) is 37.5. The summed E-state index contributed by atoms with van der Waals surface area (Å²) in [6.07, 6.45) is -1.44. The van der Waals surface area contributed by atoms with E-state index < -0.39 is 47.7 Å². The Kier molecular flexibility index (Phi) is 9.89. The lowest BCUT2D eigenvalue weighted by Gasteiger charge is -2.10. The lowest BCUT2D eigenvalue weighted by atomic mass is 10.0. The molecule has 0 saturated carbocycles. The third-order valence-corrected chi connectivity index (χ3v) is 3.95. The summed E-state index contributed by atoms with van der Waals surface area (Å²) >= 11 is 0. The summed E-state index contributed by atoms with van der Waals surface area (Å²) in [7, 11) is 0. The van der Waals surface area contributed by atoms with Crippen molar-refractivity contribution in [3.8, 4) is 0 Å². The fourth-order valence-corrected chi connectivity index (χ4v) is 2.35. The molecule has 1 rings (SSSR count). The summed E-state index contributed by atoms with van der Waals surface area (Å²) < 4.78 is 9.71. The molecule has 0 aliphatic carbocycles. The van der Waals surface area contributed by atoms with Crippen molar-refractivity contribution >= 4 is 29.6 Å². The second-order valence-electron chi connectivity index (χ2n) is 6.18. The summed E-state index contributed by atoms with van der Waals surface area (Å²) in [4.78, 5) is 55.0. The van der Waals surface area contributed by atoms with Crippen molar-refractivity contribution in [3.63, 3.8) is 0 Å². The quantitative estimate of drug-likeness (QED) is 0.231. The van der Waals surface area contributed by atoms with E-state index in [1.54, 1.807) is 0 Å². The Hall–Kier alpha value is -3.54. The van der Waals surface area contributed by atoms with Gasteiger partial charge < -0.3 is 24.8 Å². The van der Waals surface area contributed by atoms with Gasteiger partial charge in [0.2, 0.25) is 0 Å². The van der Waals surface area contributed by atoms with Gasteiger partial charge in [0, 0.05) is 6.07 Å². The Morgan fingerprint density at radius 2 is 1.70 bits per heavy atom. The number of nitro benzene ring substituents is 1. The van der Waals surface area contributed by atoms with Crippen molar-refractivity contribution in [1.29, 1.82) is 0 Å². The highest BCUT2D eigenvalue weighted by Crippen LogP contribution is 2.21. The Morgan fingerprint density at radius 1 is 1.07 bits per heavy atom. The van der Waals surface area contributed by atoms with Gasteiger partial charge in [0.1, 0.15) is 6.61 Å². The molecule has 30 heavy (non-hydrogen) atoms. The summed E-state index contributed by atoms with van der Waals surface area (Å²) in [6, 6.07) is 3.96. The number of rotatable bonds is 13. The van der Waals surface area contributed by atoms with Crippen LogP contribution in [-0.4, -0.2) is 50.7 Å². The minimum absolute atomic E-state index is 0.117. The topological polar surface area (TPSA) is 191 Å². The largest absolute Gasteiger partial charge is 0.481 e. The first-order valence-electron chi connectivity index (χ1n) is 8.77. The number of esters is 2. The molecule has 0 aliphatic rings. The predicted molar refractivity (Wildman–Crippen MR) is 97.0 cm³/mol. The molecule has 0 amide bonds. The SMILES string of the molecule is O=C(O)CC(CCOC(=O)CCC(=O)OCc1ccc(CO)c([N+](=O)[O-])c1)C(=O)O. The van der Waals surface area contributed by atoms with Crippen LogP contribution in [0.1, 0.15) is 36.8 Å². The Labute approximate surface area is 170 Å². The summed E-state index contributed by atoms with van der Waals surface area (Å²) in [5.41, 5.74) is 0.136. The van der Waals surface area contributed by atoms with Crippen LogP contribution >= 0.6 is 0 Å². The van der Waals surface area contributed by atoms with Gasteiger partial charge in [-0.3, -0.25) is 29.3 Å². The molecule has 0 saturated heterocycles. The first kappa shape index (κ1) is 24.5. The molecule has 1 atom stereocenters. The maximum atomic E-state index is 11.7. The first-order chi connectivity index (χ1) is 14.1. The van der Waals surface area contributed by atoms with E-state index in [4.69, 9.17) is 24.8 Å². The van der Waals surface area contributed by atoms with Crippen molar-refractivity contribution in [2.75, 3.05) is 6.61 Å². The molecule has 1 aromatic rings. The van der Waals surface area contributed by atoms with Gasteiger partial charge in [-0.2, -0.15) is 0 Å². The standard InChI is InChI=1S/C18H21NO11/c20-9-13-2-1-11(7-14(13)19(27)28)10-30-17(24)4-3-16(23)29-6-5-12(18(25)26)8-15(21)22/h1-2,7,12,20H,3-6,8-10H2,(H,21,22)(H,25,26). The molecule has 0 fully saturated rings. The van der Waals surface area contributed by atoms with Gasteiger partial charge in [-0.05, 0) is 18.1 Å². The highest BCUT2D eigenvalue weighted by molar-refractivity contribution is 5.78. The number of carbonyl (C=O) groups excluding carboxylic acids is 2. The summed E-state index contributed by atoms with van der Waals surface area (Å²) in [6.45, 7) is -1.09. The fourth-order valence-electron chi connectivity index (χ4n) is 2.35. The highest BCUT2D eigenvalue weighted by Gasteiger charge is 2.21. The lowest BCUT2D eigenvalue weighted by Crippen LogP contribution is -2.20. The Balaban J connectivity index is 2.38. The highest BCUT2D eigenvalue weighted by atomic mass is 16.6. The van der Waals surface area contributed by atoms with E-state index in [2.05, 4.69) is 0 Å². The van der Waals surface area contributed by atoms with E-state index in [1.807, 2.05) is 0 Å². The Bertz CT molecular complexity index is 805. The maximum absolute atomic E-state index is 11.7. The van der Waals surface area contributed by atoms with Crippen LogP contribution in [0.4, 0.5) is 5.69 Å². The van der Waals surface area contributed by atoms with Crippen molar-refractivity contribution in [3.05, 3.63) is 39.4 Å². The van der Waals surface area contributed by atoms with Gasteiger partial charge in [0.05, 0.1) is 48.9 Å². The number of ether oxygens (including phenoxy) is 2. The number of nitro groups is 1. The molecular formula is C18H21NO11. The number of benzene rings is 1. The molecule has 12 nitrogen and oxygen atoms in total. The van der Waals surface area contributed by atoms with Crippen LogP contribution in [0.2, 0.25) is 0 Å². The zero-order valence-electron chi connectivity index (χ0n) is 15.8. The van der Waals surface area contributed by atoms with Crippen LogP contribution < -0.4 is 0 Å². The van der Waals surface area contributed by atoms with E-state index in [1.165, 1.54) is 18.2 Å². The molecule has 1 aromatic carbocycles. The fraction of sp³-hybridized carbons (Fsp3) is 0.444. The average Bonchev–Trinajstić information content (AvgIpc) is 2.69. The molecule has 0 aromatic heterocycles. The molecular weight excluding hydrogens is 406 g/mol. The molecule has 1 unspecified atom stereocenters. The molecule has 0 bridgehead atoms. The maximum Gasteiger partial charge on any atom is 0.307 e. The average molecular weight is 427 g/mol. The molecule has 0 radical (unpaired) electrons. The third-order valence-electron chi connectivity index (χ3n) is 3.95. The van der Waals surface area contributed by atoms with Gasteiger partial charge in [0.15, 0.2) is 0 Å². The van der Waals surface area contributed by atoms with Gasteiger partial charge in [-0.25, -0.2) is 0 Å². The number of aliphatic hydroxyl groups excluding tert-OH is 1. The van der Waals surface area contributed by atoms with Gasteiger partial charge in [-0.1, -0.05) is 6.07 Å². The monoisotopic (exact) mass is 427 g/mol. The molecule has 164 valence electrons. The van der Waals surface area contributed by atoms with Crippen LogP contribution in [0, 0.1) is 16.0 Å². The summed E-state index contributed by atoms with van der Waals surface area (Å²) in [5.74, 6) is -5.33. The normalized spacial score (nSPS) is 11.4. The zero-order valence-corrected chi connectivity index (χ0v) is 15.8. The minimum atomic E-state index is -1.32. The van der Waals surface area contributed by atoms with E-state index >= 15 is 0 Å². The van der Waals surface area contributed by atoms with Crippen LogP contribution in [-0.2, 0) is 41.9 Å². The van der Waals surface area contributed by atoms with Crippen molar-refractivity contribution in [1.82, 2.24) is 0 Å². The number of carbonyl (C=O) groups is 4. The third kappa shape index (κ3) is 8.65. The molecule has 0 aliphatic heterocycles. The smallest absolute Gasteiger partial charge is 0.307 e. The minimum Gasteiger partial charge on any atom is -0.481 e. The van der Waals surface area contributed by atoms with Gasteiger partial charge >= 0.3 is 23.9 Å². The molecule has 0 heterocycles. The van der Waals surface area contributed by atoms with Crippen LogP contribution in [0.15, 0.2) is 18.2 Å². The van der Waals surface area contributed by atoms with Crippen molar-refractivity contribution in [2.45, 2.75) is 38.9 Å². The number of carboxylic acids is 2. The van der Waals surface area contributed by atoms with Gasteiger partial charge in [-0.15, -0.1) is 0 Å². The van der Waals surface area contributed by atoms with E-state index in [-0.39, 0.29) is 43.7 Å². The van der Waals surface area contributed by atoms with E-state index in [0.29, 0.717) is 5.56 Å². The second kappa shape index (κ2) is 12.1. The predicted octanol–water partition coefficient (Wildman–Crippen LogP) is 1.02. The number of aliphatic hydroxyl groups is 1. The molecule has 0 spiro atoms. The van der Waals surface area contributed by atoms with Crippen LogP contribution in [0.3, 0.4) is 0 Å². The number of hydrogen-bond acceptors (Lipinski definition) is 9. The lowest BCUT2D eigenvalue weighted by molar-refractivity contribution is -0.385. The second-order valence-corrected chi connectivity index (χ2v) is 6.18. The van der Waals surface area contributed by atoms with Crippen LogP contribution in [0.25, 0.3) is 0 Å². The van der Waals surface area contributed by atoms with E-state index in [0.717, 1.165) is 0 Å². The Morgan fingerprint density at radius 3 is 2.23 bits per heavy atom. The van der Waals surface area contributed by atoms with Crippen molar-refractivity contribution in [2.24, 2.45) is 5.92 Å². The first-order valence-corrected chi connectivity index (χ1v) is 8.77. The number of carboxylic acid groups (broad SMARTS) is 2. The van der Waals surface area contributed by atoms with Crippen LogP contribution in [0.5, 0.6) is 0 Å². The van der Waals surface area contributed by atoms with E-state index in [9.17, 15) is 29.3 Å². The molecule has 12 heteroatoms. The van der Waals surface area contributed by atoms with Gasteiger partial charge in [0.25, 0.3) is 5.69 Å². The number of aliphatic carboxylic acids is 2. The number of nitrogens with zero attached hydrogens (tertiary/aromatic N) is 1. The van der Waals surface area contributed by atoms with Crippen molar-refractivity contribution < 1.29 is 48.9 Å².